The van der Waals surface area contributed by atoms with Crippen LogP contribution >= 0.6 is 0 Å². The topological polar surface area (TPSA) is 61.8 Å². The number of phenolic OH excluding ortho intramolecular Hbond substituents is 1. The maximum Gasteiger partial charge on any atom is 0.257 e. The van der Waals surface area contributed by atoms with Gasteiger partial charge in [0.05, 0.1) is 12.7 Å². The third-order valence-electron chi connectivity index (χ3n) is 3.73. The molecule has 0 aromatic heterocycles. The van der Waals surface area contributed by atoms with E-state index in [2.05, 4.69) is 5.32 Å². The van der Waals surface area contributed by atoms with E-state index in [0.717, 1.165) is 32.5 Å². The first-order valence-electron chi connectivity index (χ1n) is 6.96. The predicted octanol–water partition coefficient (Wildman–Crippen LogP) is 1.47. The molecule has 0 spiro atoms. The lowest BCUT2D eigenvalue weighted by Gasteiger charge is -2.33. The van der Waals surface area contributed by atoms with Gasteiger partial charge in [-0.3, -0.25) is 4.79 Å². The molecule has 5 nitrogen and oxygen atoms in total. The number of carbonyl (C=O) groups excluding carboxylic acids is 1. The zero-order chi connectivity index (χ0) is 14.5. The normalized spacial score (nSPS) is 18.9. The summed E-state index contributed by atoms with van der Waals surface area (Å²) in [5.41, 5.74) is 0.314. The van der Waals surface area contributed by atoms with Gasteiger partial charge < -0.3 is 20.1 Å². The molecule has 1 unspecified atom stereocenters. The second-order valence-electron chi connectivity index (χ2n) is 5.20. The van der Waals surface area contributed by atoms with Crippen molar-refractivity contribution in [2.45, 2.75) is 12.8 Å². The summed E-state index contributed by atoms with van der Waals surface area (Å²) >= 11 is 0. The van der Waals surface area contributed by atoms with E-state index in [0.29, 0.717) is 17.2 Å². The van der Waals surface area contributed by atoms with E-state index < -0.39 is 0 Å². The first-order valence-corrected chi connectivity index (χ1v) is 6.96. The van der Waals surface area contributed by atoms with Crippen molar-refractivity contribution in [2.24, 2.45) is 5.92 Å². The Kier molecular flexibility index (Phi) is 4.84. The molecule has 1 heterocycles. The largest absolute Gasteiger partial charge is 0.507 e. The molecule has 0 bridgehead atoms. The second kappa shape index (κ2) is 6.61. The van der Waals surface area contributed by atoms with E-state index in [9.17, 15) is 9.90 Å². The fraction of sp³-hybridized carbons (Fsp3) is 0.533. The lowest BCUT2D eigenvalue weighted by atomic mass is 9.97. The van der Waals surface area contributed by atoms with E-state index in [4.69, 9.17) is 4.74 Å². The van der Waals surface area contributed by atoms with Crippen molar-refractivity contribution >= 4 is 5.91 Å². The van der Waals surface area contributed by atoms with Gasteiger partial charge >= 0.3 is 0 Å². The van der Waals surface area contributed by atoms with Crippen LogP contribution in [-0.2, 0) is 0 Å². The second-order valence-corrected chi connectivity index (χ2v) is 5.20. The lowest BCUT2D eigenvalue weighted by molar-refractivity contribution is 0.0671. The summed E-state index contributed by atoms with van der Waals surface area (Å²) in [7, 11) is 3.47. The Bertz CT molecular complexity index is 474. The Balaban J connectivity index is 2.14. The number of likely N-dealkylation sites (tertiary alicyclic amines) is 1. The third kappa shape index (κ3) is 3.22. The van der Waals surface area contributed by atoms with Gasteiger partial charge in [-0.25, -0.2) is 0 Å². The molecule has 1 amide bonds. The minimum absolute atomic E-state index is 0.00606. The van der Waals surface area contributed by atoms with Gasteiger partial charge in [0.2, 0.25) is 0 Å². The van der Waals surface area contributed by atoms with Gasteiger partial charge in [0, 0.05) is 13.1 Å². The first kappa shape index (κ1) is 14.7. The maximum absolute atomic E-state index is 12.5. The molecule has 110 valence electrons. The molecule has 1 aliphatic heterocycles. The summed E-state index contributed by atoms with van der Waals surface area (Å²) in [4.78, 5) is 14.3. The highest BCUT2D eigenvalue weighted by Gasteiger charge is 2.25. The fourth-order valence-corrected chi connectivity index (χ4v) is 2.69. The number of hydrogen-bond donors (Lipinski definition) is 2. The smallest absolute Gasteiger partial charge is 0.257 e. The summed E-state index contributed by atoms with van der Waals surface area (Å²) in [5, 5.41) is 13.0. The highest BCUT2D eigenvalue weighted by molar-refractivity contribution is 5.97. The molecule has 1 aromatic rings. The summed E-state index contributed by atoms with van der Waals surface area (Å²) in [6, 6.07) is 4.74. The van der Waals surface area contributed by atoms with Crippen LogP contribution in [-0.4, -0.2) is 49.7 Å². The van der Waals surface area contributed by atoms with Crippen LogP contribution in [0.1, 0.15) is 23.2 Å². The van der Waals surface area contributed by atoms with Crippen molar-refractivity contribution in [3.63, 3.8) is 0 Å². The monoisotopic (exact) mass is 278 g/mol. The number of methoxy groups -OCH3 is 1. The van der Waals surface area contributed by atoms with E-state index in [-0.39, 0.29) is 11.7 Å². The number of hydrogen-bond acceptors (Lipinski definition) is 4. The van der Waals surface area contributed by atoms with Crippen LogP contribution in [0.3, 0.4) is 0 Å². The van der Waals surface area contributed by atoms with Crippen LogP contribution < -0.4 is 10.1 Å². The van der Waals surface area contributed by atoms with Crippen LogP contribution in [0, 0.1) is 5.92 Å². The zero-order valence-corrected chi connectivity index (χ0v) is 12.1. The minimum atomic E-state index is -0.123. The standard InChI is InChI=1S/C15H22N2O3/c1-16-9-11-4-3-7-17(10-11)15(19)13-8-12(20-2)5-6-14(13)18/h5-6,8,11,16,18H,3-4,7,9-10H2,1-2H3. The molecule has 5 heteroatoms. The van der Waals surface area contributed by atoms with Crippen LogP contribution in [0.5, 0.6) is 11.5 Å². The number of ether oxygens (including phenoxy) is 1. The molecule has 1 aliphatic rings. The Morgan fingerprint density at radius 1 is 1.55 bits per heavy atom. The SMILES string of the molecule is CNCC1CCCN(C(=O)c2cc(OC)ccc2O)C1. The lowest BCUT2D eigenvalue weighted by Crippen LogP contribution is -2.42. The van der Waals surface area contributed by atoms with Gasteiger partial charge in [-0.15, -0.1) is 0 Å². The number of carbonyl (C=O) groups is 1. The maximum atomic E-state index is 12.5. The van der Waals surface area contributed by atoms with E-state index >= 15 is 0 Å². The van der Waals surface area contributed by atoms with Gasteiger partial charge in [0.15, 0.2) is 0 Å². The van der Waals surface area contributed by atoms with E-state index in [1.54, 1.807) is 19.2 Å². The van der Waals surface area contributed by atoms with Crippen molar-refractivity contribution in [3.05, 3.63) is 23.8 Å². The number of phenols is 1. The molecule has 0 radical (unpaired) electrons. The van der Waals surface area contributed by atoms with Gasteiger partial charge in [-0.05, 0) is 50.6 Å². The number of benzene rings is 1. The van der Waals surface area contributed by atoms with Crippen LogP contribution in [0.2, 0.25) is 0 Å². The van der Waals surface area contributed by atoms with E-state index in [1.807, 2.05) is 11.9 Å². The van der Waals surface area contributed by atoms with Crippen molar-refractivity contribution in [2.75, 3.05) is 33.8 Å². The van der Waals surface area contributed by atoms with Crippen LogP contribution in [0.25, 0.3) is 0 Å². The third-order valence-corrected chi connectivity index (χ3v) is 3.73. The number of aromatic hydroxyl groups is 1. The molecule has 1 atom stereocenters. The van der Waals surface area contributed by atoms with Gasteiger partial charge in [-0.2, -0.15) is 0 Å². The molecule has 0 saturated carbocycles. The van der Waals surface area contributed by atoms with Crippen molar-refractivity contribution in [3.8, 4) is 11.5 Å². The summed E-state index contributed by atoms with van der Waals surface area (Å²) in [6.07, 6.45) is 2.14. The molecule has 20 heavy (non-hydrogen) atoms. The highest BCUT2D eigenvalue weighted by Crippen LogP contribution is 2.26. The molecule has 1 fully saturated rings. The number of nitrogens with one attached hydrogen (secondary N) is 1. The number of amides is 1. The summed E-state index contributed by atoms with van der Waals surface area (Å²) in [5.74, 6) is 0.939. The fourth-order valence-electron chi connectivity index (χ4n) is 2.69. The Labute approximate surface area is 119 Å². The molecule has 0 aliphatic carbocycles. The van der Waals surface area contributed by atoms with E-state index in [1.165, 1.54) is 6.07 Å². The zero-order valence-electron chi connectivity index (χ0n) is 12.1. The average Bonchev–Trinajstić information content (AvgIpc) is 2.48. The average molecular weight is 278 g/mol. The van der Waals surface area contributed by atoms with Crippen molar-refractivity contribution in [1.82, 2.24) is 10.2 Å². The molecule has 1 aromatic carbocycles. The molecule has 2 rings (SSSR count). The summed E-state index contributed by atoms with van der Waals surface area (Å²) in [6.45, 7) is 2.39. The quantitative estimate of drug-likeness (QED) is 0.875. The predicted molar refractivity (Wildman–Crippen MR) is 77.2 cm³/mol. The first-order chi connectivity index (χ1) is 9.65. The van der Waals surface area contributed by atoms with Crippen molar-refractivity contribution in [1.29, 1.82) is 0 Å². The van der Waals surface area contributed by atoms with Crippen LogP contribution in [0.4, 0.5) is 0 Å². The number of nitrogens with zero attached hydrogens (tertiary/aromatic N) is 1. The van der Waals surface area contributed by atoms with Gasteiger partial charge in [0.1, 0.15) is 11.5 Å². The molecular formula is C15H22N2O3. The number of rotatable bonds is 4. The van der Waals surface area contributed by atoms with Crippen molar-refractivity contribution < 1.29 is 14.6 Å². The molecule has 2 N–H and O–H groups in total. The highest BCUT2D eigenvalue weighted by atomic mass is 16.5. The minimum Gasteiger partial charge on any atom is -0.507 e. The van der Waals surface area contributed by atoms with Crippen LogP contribution in [0.15, 0.2) is 18.2 Å². The Morgan fingerprint density at radius 2 is 2.35 bits per heavy atom. The van der Waals surface area contributed by atoms with Gasteiger partial charge in [0.25, 0.3) is 5.91 Å². The molecular weight excluding hydrogens is 256 g/mol. The Hall–Kier alpha value is -1.75. The Morgan fingerprint density at radius 3 is 3.05 bits per heavy atom. The molecule has 1 saturated heterocycles. The number of piperidine rings is 1. The van der Waals surface area contributed by atoms with Gasteiger partial charge in [-0.1, -0.05) is 0 Å². The summed E-state index contributed by atoms with van der Waals surface area (Å²) < 4.78 is 5.12.